The van der Waals surface area contributed by atoms with Crippen LogP contribution in [0.1, 0.15) is 31.8 Å². The van der Waals surface area contributed by atoms with Gasteiger partial charge in [0.1, 0.15) is 0 Å². The molecule has 0 aromatic heterocycles. The third-order valence-corrected chi connectivity index (χ3v) is 3.39. The quantitative estimate of drug-likeness (QED) is 0.883. The Bertz CT molecular complexity index is 796. The Hall–Kier alpha value is -3.06. The largest absolute Gasteiger partial charge is 0.345 e. The fourth-order valence-electron chi connectivity index (χ4n) is 2.11. The van der Waals surface area contributed by atoms with Crippen LogP contribution < -0.4 is 5.32 Å². The van der Waals surface area contributed by atoms with Gasteiger partial charge in [0.05, 0.1) is 6.54 Å². The number of amides is 2. The molecule has 24 heavy (non-hydrogen) atoms. The van der Waals surface area contributed by atoms with Gasteiger partial charge in [-0.3, -0.25) is 9.59 Å². The molecule has 0 heterocycles. The summed E-state index contributed by atoms with van der Waals surface area (Å²) in [7, 11) is 3.43. The van der Waals surface area contributed by atoms with E-state index in [4.69, 9.17) is 0 Å². The molecule has 0 aliphatic rings. The molecule has 2 amide bonds. The van der Waals surface area contributed by atoms with Crippen molar-refractivity contribution in [3.05, 3.63) is 70.8 Å². The summed E-state index contributed by atoms with van der Waals surface area (Å²) in [5, 5.41) is 2.77. The highest BCUT2D eigenvalue weighted by atomic mass is 16.2. The molecule has 122 valence electrons. The summed E-state index contributed by atoms with van der Waals surface area (Å²) in [5.74, 6) is 5.70. The first-order valence-electron chi connectivity index (χ1n) is 7.63. The molecule has 2 aromatic carbocycles. The van der Waals surface area contributed by atoms with E-state index in [0.717, 1.165) is 11.1 Å². The van der Waals surface area contributed by atoms with Gasteiger partial charge in [0, 0.05) is 30.8 Å². The average molecular weight is 320 g/mol. The molecule has 0 unspecified atom stereocenters. The normalized spacial score (nSPS) is 9.62. The molecule has 4 heteroatoms. The summed E-state index contributed by atoms with van der Waals surface area (Å²) in [6.07, 6.45) is 0. The first-order chi connectivity index (χ1) is 11.5. The topological polar surface area (TPSA) is 49.4 Å². The van der Waals surface area contributed by atoms with Crippen molar-refractivity contribution in [3.8, 4) is 11.8 Å². The van der Waals surface area contributed by atoms with Crippen molar-refractivity contribution < 1.29 is 9.59 Å². The van der Waals surface area contributed by atoms with Crippen LogP contribution in [0.15, 0.2) is 48.5 Å². The van der Waals surface area contributed by atoms with E-state index in [1.54, 1.807) is 44.4 Å². The van der Waals surface area contributed by atoms with Crippen LogP contribution in [0.2, 0.25) is 0 Å². The first-order valence-corrected chi connectivity index (χ1v) is 7.63. The van der Waals surface area contributed by atoms with E-state index in [1.807, 2.05) is 25.1 Å². The van der Waals surface area contributed by atoms with E-state index < -0.39 is 0 Å². The van der Waals surface area contributed by atoms with Gasteiger partial charge in [-0.25, -0.2) is 0 Å². The van der Waals surface area contributed by atoms with Gasteiger partial charge in [-0.05, 0) is 43.3 Å². The summed E-state index contributed by atoms with van der Waals surface area (Å²) in [6.45, 7) is 2.21. The fourth-order valence-corrected chi connectivity index (χ4v) is 2.11. The van der Waals surface area contributed by atoms with Gasteiger partial charge in [-0.2, -0.15) is 0 Å². The highest BCUT2D eigenvalue weighted by Crippen LogP contribution is 2.05. The van der Waals surface area contributed by atoms with Gasteiger partial charge in [0.25, 0.3) is 11.8 Å². The van der Waals surface area contributed by atoms with Crippen molar-refractivity contribution in [1.29, 1.82) is 0 Å². The Morgan fingerprint density at radius 2 is 1.75 bits per heavy atom. The van der Waals surface area contributed by atoms with Crippen molar-refractivity contribution in [2.45, 2.75) is 6.92 Å². The van der Waals surface area contributed by atoms with Crippen LogP contribution in [0.5, 0.6) is 0 Å². The molecule has 2 aromatic rings. The first kappa shape index (κ1) is 17.3. The molecule has 1 N–H and O–H groups in total. The van der Waals surface area contributed by atoms with Crippen LogP contribution in [-0.2, 0) is 0 Å². The number of carbonyl (C=O) groups is 2. The molecule has 0 fully saturated rings. The molecule has 0 saturated carbocycles. The smallest absolute Gasteiger partial charge is 0.253 e. The highest BCUT2D eigenvalue weighted by molar-refractivity contribution is 5.94. The Morgan fingerprint density at radius 1 is 1.04 bits per heavy atom. The van der Waals surface area contributed by atoms with Crippen LogP contribution in [0.4, 0.5) is 0 Å². The second-order valence-electron chi connectivity index (χ2n) is 5.63. The second kappa shape index (κ2) is 7.98. The van der Waals surface area contributed by atoms with E-state index in [9.17, 15) is 9.59 Å². The molecule has 0 saturated heterocycles. The summed E-state index contributed by atoms with van der Waals surface area (Å²) in [6, 6.07) is 14.5. The van der Waals surface area contributed by atoms with Crippen molar-refractivity contribution in [2.75, 3.05) is 20.6 Å². The lowest BCUT2D eigenvalue weighted by Gasteiger charge is -2.09. The van der Waals surface area contributed by atoms with Crippen molar-refractivity contribution in [3.63, 3.8) is 0 Å². The third kappa shape index (κ3) is 4.72. The molecule has 0 bridgehead atoms. The Labute approximate surface area is 142 Å². The van der Waals surface area contributed by atoms with Crippen LogP contribution >= 0.6 is 0 Å². The predicted octanol–water partition coefficient (Wildman–Crippen LogP) is 2.48. The van der Waals surface area contributed by atoms with Gasteiger partial charge in [0.15, 0.2) is 0 Å². The summed E-state index contributed by atoms with van der Waals surface area (Å²) < 4.78 is 0. The molecular weight excluding hydrogens is 300 g/mol. The Kier molecular flexibility index (Phi) is 5.75. The molecule has 0 spiro atoms. The number of hydrogen-bond acceptors (Lipinski definition) is 2. The average Bonchev–Trinajstić information content (AvgIpc) is 2.58. The van der Waals surface area contributed by atoms with E-state index in [2.05, 4.69) is 17.2 Å². The van der Waals surface area contributed by atoms with E-state index >= 15 is 0 Å². The maximum atomic E-state index is 12.0. The maximum Gasteiger partial charge on any atom is 0.253 e. The van der Waals surface area contributed by atoms with Crippen LogP contribution in [0.3, 0.4) is 0 Å². The minimum absolute atomic E-state index is 0.0417. The number of carbonyl (C=O) groups excluding carboxylic acids is 2. The van der Waals surface area contributed by atoms with Crippen molar-refractivity contribution in [1.82, 2.24) is 10.2 Å². The van der Waals surface area contributed by atoms with E-state index in [1.165, 1.54) is 4.90 Å². The second-order valence-corrected chi connectivity index (χ2v) is 5.63. The van der Waals surface area contributed by atoms with Crippen LogP contribution in [-0.4, -0.2) is 37.4 Å². The molecule has 0 aliphatic heterocycles. The lowest BCUT2D eigenvalue weighted by Crippen LogP contribution is -2.23. The molecule has 2 rings (SSSR count). The molecule has 0 atom stereocenters. The van der Waals surface area contributed by atoms with Crippen LogP contribution in [0.25, 0.3) is 0 Å². The monoisotopic (exact) mass is 320 g/mol. The number of rotatable bonds is 3. The molecule has 0 radical (unpaired) electrons. The van der Waals surface area contributed by atoms with Gasteiger partial charge < -0.3 is 10.2 Å². The summed E-state index contributed by atoms with van der Waals surface area (Å²) in [5.41, 5.74) is 3.10. The van der Waals surface area contributed by atoms with Gasteiger partial charge in [0.2, 0.25) is 0 Å². The lowest BCUT2D eigenvalue weighted by molar-refractivity contribution is 0.0827. The minimum atomic E-state index is -0.139. The predicted molar refractivity (Wildman–Crippen MR) is 94.8 cm³/mol. The Morgan fingerprint density at radius 3 is 2.38 bits per heavy atom. The van der Waals surface area contributed by atoms with Crippen LogP contribution in [0, 0.1) is 18.8 Å². The summed E-state index contributed by atoms with van der Waals surface area (Å²) >= 11 is 0. The van der Waals surface area contributed by atoms with Gasteiger partial charge >= 0.3 is 0 Å². The van der Waals surface area contributed by atoms with E-state index in [0.29, 0.717) is 11.1 Å². The Balaban J connectivity index is 1.91. The zero-order valence-corrected chi connectivity index (χ0v) is 14.1. The van der Waals surface area contributed by atoms with Gasteiger partial charge in [-0.1, -0.05) is 29.5 Å². The highest BCUT2D eigenvalue weighted by Gasteiger charge is 2.06. The van der Waals surface area contributed by atoms with Crippen molar-refractivity contribution >= 4 is 11.8 Å². The summed E-state index contributed by atoms with van der Waals surface area (Å²) in [4.78, 5) is 25.3. The standard InChI is InChI=1S/C20H20N2O2/c1-15-6-4-8-18(14-15)19(23)21-13-5-7-16-9-11-17(12-10-16)20(24)22(2)3/h4,6,8-12,14H,13H2,1-3H3,(H,21,23). The molecular formula is C20H20N2O2. The fraction of sp³-hybridized carbons (Fsp3) is 0.200. The van der Waals surface area contributed by atoms with Crippen molar-refractivity contribution in [2.24, 2.45) is 0 Å². The number of nitrogens with zero attached hydrogens (tertiary/aromatic N) is 1. The SMILES string of the molecule is Cc1cccc(C(=O)NCC#Cc2ccc(C(=O)N(C)C)cc2)c1. The third-order valence-electron chi connectivity index (χ3n) is 3.39. The minimum Gasteiger partial charge on any atom is -0.345 e. The zero-order valence-electron chi connectivity index (χ0n) is 14.1. The molecule has 0 aliphatic carbocycles. The number of benzene rings is 2. The maximum absolute atomic E-state index is 12.0. The van der Waals surface area contributed by atoms with Gasteiger partial charge in [-0.15, -0.1) is 0 Å². The van der Waals surface area contributed by atoms with E-state index in [-0.39, 0.29) is 18.4 Å². The number of hydrogen-bond donors (Lipinski definition) is 1. The zero-order chi connectivity index (χ0) is 17.5. The molecule has 4 nitrogen and oxygen atoms in total. The number of nitrogens with one attached hydrogen (secondary N) is 1. The lowest BCUT2D eigenvalue weighted by atomic mass is 10.1. The number of aryl methyl sites for hydroxylation is 1.